The standard InChI is InChI=1S/C30H32FN3O5S/c1-30(2,3)32-28(36)25(19-21-11-5-4-6-12-21)33(20-22-13-7-9-15-24(22)31)27(35)17-18-34-29(37)23-14-8-10-16-26(23)40(34,38)39/h4-16,25H,17-20H2,1-3H3,(H,32,36)/t25-/m1/s1. The molecular weight excluding hydrogens is 533 g/mol. The normalized spacial score (nSPS) is 14.9. The molecule has 8 nitrogen and oxygen atoms in total. The number of rotatable bonds is 9. The molecule has 3 amide bonds. The Morgan fingerprint density at radius 1 is 0.950 bits per heavy atom. The van der Waals surface area contributed by atoms with Crippen molar-refractivity contribution in [2.75, 3.05) is 6.54 Å². The summed E-state index contributed by atoms with van der Waals surface area (Å²) in [6, 6.07) is 19.9. The number of nitrogens with zero attached hydrogens (tertiary/aromatic N) is 2. The average Bonchev–Trinajstić information content (AvgIpc) is 3.10. The zero-order valence-corrected chi connectivity index (χ0v) is 23.4. The smallest absolute Gasteiger partial charge is 0.269 e. The summed E-state index contributed by atoms with van der Waals surface area (Å²) in [5, 5.41) is 2.92. The Hall–Kier alpha value is -4.05. The molecule has 1 N–H and O–H groups in total. The van der Waals surface area contributed by atoms with E-state index in [0.717, 1.165) is 5.56 Å². The molecule has 0 unspecified atom stereocenters. The fourth-order valence-electron chi connectivity index (χ4n) is 4.61. The van der Waals surface area contributed by atoms with Crippen molar-refractivity contribution in [2.24, 2.45) is 0 Å². The lowest BCUT2D eigenvalue weighted by Crippen LogP contribution is -2.54. The average molecular weight is 566 g/mol. The van der Waals surface area contributed by atoms with Crippen LogP contribution in [-0.4, -0.2) is 53.5 Å². The predicted molar refractivity (Wildman–Crippen MR) is 148 cm³/mol. The van der Waals surface area contributed by atoms with Crippen LogP contribution in [0.4, 0.5) is 4.39 Å². The van der Waals surface area contributed by atoms with Gasteiger partial charge in [-0.2, -0.15) is 0 Å². The third kappa shape index (κ3) is 6.39. The van der Waals surface area contributed by atoms with Gasteiger partial charge in [-0.15, -0.1) is 0 Å². The molecule has 210 valence electrons. The molecule has 0 bridgehead atoms. The topological polar surface area (TPSA) is 104 Å². The first-order valence-electron chi connectivity index (χ1n) is 12.9. The summed E-state index contributed by atoms with van der Waals surface area (Å²) in [5.74, 6) is -2.27. The molecule has 0 saturated carbocycles. The number of benzene rings is 3. The zero-order chi connectivity index (χ0) is 29.1. The lowest BCUT2D eigenvalue weighted by molar-refractivity contribution is -0.142. The number of carbonyl (C=O) groups excluding carboxylic acids is 3. The number of halogens is 1. The Morgan fingerprint density at radius 2 is 1.57 bits per heavy atom. The molecular formula is C30H32FN3O5S. The third-order valence-electron chi connectivity index (χ3n) is 6.51. The van der Waals surface area contributed by atoms with Crippen LogP contribution >= 0.6 is 0 Å². The summed E-state index contributed by atoms with van der Waals surface area (Å²) in [6.07, 6.45) is -0.239. The maximum absolute atomic E-state index is 14.7. The van der Waals surface area contributed by atoms with Gasteiger partial charge in [0.2, 0.25) is 11.8 Å². The first kappa shape index (κ1) is 28.9. The Bertz CT molecular complexity index is 1520. The molecule has 3 aromatic rings. The van der Waals surface area contributed by atoms with Crippen molar-refractivity contribution >= 4 is 27.7 Å². The minimum atomic E-state index is -4.12. The molecule has 1 atom stereocenters. The summed E-state index contributed by atoms with van der Waals surface area (Å²) < 4.78 is 41.5. The van der Waals surface area contributed by atoms with Crippen molar-refractivity contribution in [3.8, 4) is 0 Å². The molecule has 1 aliphatic rings. The highest BCUT2D eigenvalue weighted by Gasteiger charge is 2.41. The Balaban J connectivity index is 1.66. The van der Waals surface area contributed by atoms with Gasteiger partial charge in [0.05, 0.1) is 5.56 Å². The Labute approximate surface area is 233 Å². The van der Waals surface area contributed by atoms with E-state index in [1.165, 1.54) is 41.3 Å². The van der Waals surface area contributed by atoms with E-state index in [0.29, 0.717) is 4.31 Å². The molecule has 10 heteroatoms. The van der Waals surface area contributed by atoms with Gasteiger partial charge in [-0.25, -0.2) is 17.1 Å². The zero-order valence-electron chi connectivity index (χ0n) is 22.6. The monoisotopic (exact) mass is 565 g/mol. The van der Waals surface area contributed by atoms with E-state index >= 15 is 0 Å². The van der Waals surface area contributed by atoms with Crippen molar-refractivity contribution in [2.45, 2.75) is 56.6 Å². The number of hydrogen-bond donors (Lipinski definition) is 1. The van der Waals surface area contributed by atoms with Crippen LogP contribution in [0.5, 0.6) is 0 Å². The van der Waals surface area contributed by atoms with Gasteiger partial charge in [0.25, 0.3) is 15.9 Å². The maximum atomic E-state index is 14.7. The van der Waals surface area contributed by atoms with Crippen molar-refractivity contribution in [3.05, 3.63) is 101 Å². The Kier molecular flexibility index (Phi) is 8.39. The number of fused-ring (bicyclic) bond motifs is 1. The second-order valence-electron chi connectivity index (χ2n) is 10.7. The molecule has 1 heterocycles. The van der Waals surface area contributed by atoms with Crippen molar-refractivity contribution in [1.29, 1.82) is 0 Å². The molecule has 40 heavy (non-hydrogen) atoms. The van der Waals surface area contributed by atoms with Crippen LogP contribution in [0.2, 0.25) is 0 Å². The minimum absolute atomic E-state index is 0.0460. The van der Waals surface area contributed by atoms with Gasteiger partial charge in [0.15, 0.2) is 0 Å². The van der Waals surface area contributed by atoms with E-state index in [2.05, 4.69) is 5.32 Å². The highest BCUT2D eigenvalue weighted by molar-refractivity contribution is 7.90. The molecule has 0 fully saturated rings. The van der Waals surface area contributed by atoms with Crippen LogP contribution in [0.15, 0.2) is 83.8 Å². The molecule has 0 aromatic heterocycles. The first-order chi connectivity index (χ1) is 18.9. The van der Waals surface area contributed by atoms with E-state index in [9.17, 15) is 27.2 Å². The van der Waals surface area contributed by atoms with Gasteiger partial charge in [-0.3, -0.25) is 14.4 Å². The van der Waals surface area contributed by atoms with Gasteiger partial charge in [-0.1, -0.05) is 60.7 Å². The number of nitrogens with one attached hydrogen (secondary N) is 1. The third-order valence-corrected chi connectivity index (χ3v) is 8.35. The first-order valence-corrected chi connectivity index (χ1v) is 14.4. The van der Waals surface area contributed by atoms with Crippen LogP contribution in [0.3, 0.4) is 0 Å². The molecule has 0 spiro atoms. The second kappa shape index (κ2) is 11.6. The van der Waals surface area contributed by atoms with Gasteiger partial charge in [-0.05, 0) is 44.5 Å². The number of carbonyl (C=O) groups is 3. The molecule has 0 radical (unpaired) electrons. The summed E-state index contributed by atoms with van der Waals surface area (Å²) in [6.45, 7) is 4.81. The van der Waals surface area contributed by atoms with Crippen molar-refractivity contribution in [1.82, 2.24) is 14.5 Å². The maximum Gasteiger partial charge on any atom is 0.269 e. The van der Waals surface area contributed by atoms with Gasteiger partial charge in [0, 0.05) is 37.0 Å². The summed E-state index contributed by atoms with van der Waals surface area (Å²) in [4.78, 5) is 41.4. The van der Waals surface area contributed by atoms with Gasteiger partial charge < -0.3 is 10.2 Å². The largest absolute Gasteiger partial charge is 0.350 e. The number of amides is 3. The fourth-order valence-corrected chi connectivity index (χ4v) is 6.18. The molecule has 4 rings (SSSR count). The van der Waals surface area contributed by atoms with Gasteiger partial charge in [0.1, 0.15) is 16.8 Å². The SMILES string of the molecule is CC(C)(C)NC(=O)[C@@H](Cc1ccccc1)N(Cc1ccccc1F)C(=O)CCN1C(=O)c2ccccc2S1(=O)=O. The molecule has 0 saturated heterocycles. The highest BCUT2D eigenvalue weighted by Crippen LogP contribution is 2.30. The van der Waals surface area contributed by atoms with E-state index in [4.69, 9.17) is 0 Å². The number of sulfonamides is 1. The minimum Gasteiger partial charge on any atom is -0.350 e. The van der Waals surface area contributed by atoms with E-state index in [1.807, 2.05) is 51.1 Å². The van der Waals surface area contributed by atoms with Crippen molar-refractivity contribution < 1.29 is 27.2 Å². The number of hydrogen-bond acceptors (Lipinski definition) is 5. The van der Waals surface area contributed by atoms with Crippen LogP contribution in [0.1, 0.15) is 48.7 Å². The highest BCUT2D eigenvalue weighted by atomic mass is 32.2. The lowest BCUT2D eigenvalue weighted by atomic mass is 10.0. The lowest BCUT2D eigenvalue weighted by Gasteiger charge is -2.34. The van der Waals surface area contributed by atoms with Crippen LogP contribution < -0.4 is 5.32 Å². The van der Waals surface area contributed by atoms with Gasteiger partial charge >= 0.3 is 0 Å². The molecule has 1 aliphatic heterocycles. The Morgan fingerprint density at radius 3 is 2.23 bits per heavy atom. The summed E-state index contributed by atoms with van der Waals surface area (Å²) in [5.41, 5.74) is 0.427. The van der Waals surface area contributed by atoms with E-state index in [-0.39, 0.29) is 35.4 Å². The summed E-state index contributed by atoms with van der Waals surface area (Å²) in [7, 11) is -4.12. The quantitative estimate of drug-likeness (QED) is 0.424. The predicted octanol–water partition coefficient (Wildman–Crippen LogP) is 3.92. The van der Waals surface area contributed by atoms with Crippen LogP contribution in [0, 0.1) is 5.82 Å². The van der Waals surface area contributed by atoms with E-state index < -0.39 is 51.7 Å². The molecule has 3 aromatic carbocycles. The molecule has 0 aliphatic carbocycles. The van der Waals surface area contributed by atoms with Crippen molar-refractivity contribution in [3.63, 3.8) is 0 Å². The summed E-state index contributed by atoms with van der Waals surface area (Å²) >= 11 is 0. The van der Waals surface area contributed by atoms with Crippen LogP contribution in [-0.2, 0) is 32.6 Å². The van der Waals surface area contributed by atoms with E-state index in [1.54, 1.807) is 12.1 Å². The van der Waals surface area contributed by atoms with Crippen LogP contribution in [0.25, 0.3) is 0 Å². The second-order valence-corrected chi connectivity index (χ2v) is 12.5. The fraction of sp³-hybridized carbons (Fsp3) is 0.300.